The van der Waals surface area contributed by atoms with E-state index >= 15 is 0 Å². The quantitative estimate of drug-likeness (QED) is 0.453. The molecule has 0 unspecified atom stereocenters. The molecule has 21 heavy (non-hydrogen) atoms. The van der Waals surface area contributed by atoms with E-state index in [0.717, 1.165) is 16.0 Å². The van der Waals surface area contributed by atoms with Gasteiger partial charge in [0.1, 0.15) is 6.54 Å². The van der Waals surface area contributed by atoms with Crippen molar-refractivity contribution in [1.29, 1.82) is 0 Å². The maximum Gasteiger partial charge on any atom is 0.326 e. The third-order valence-electron chi connectivity index (χ3n) is 3.82. The number of rotatable bonds is 4. The summed E-state index contributed by atoms with van der Waals surface area (Å²) < 4.78 is 4.76. The molecule has 2 aliphatic heterocycles. The summed E-state index contributed by atoms with van der Waals surface area (Å²) in [6.45, 7) is 2.81. The number of hydrogen-bond donors (Lipinski definition) is 0. The van der Waals surface area contributed by atoms with Crippen LogP contribution < -0.4 is 0 Å². The van der Waals surface area contributed by atoms with Gasteiger partial charge in [-0.3, -0.25) is 24.2 Å². The Bertz CT molecular complexity index is 572. The van der Waals surface area contributed by atoms with Crippen molar-refractivity contribution < 1.29 is 19.1 Å². The van der Waals surface area contributed by atoms with E-state index in [4.69, 9.17) is 4.74 Å². The van der Waals surface area contributed by atoms with E-state index in [0.29, 0.717) is 13.1 Å². The van der Waals surface area contributed by atoms with Crippen molar-refractivity contribution in [3.63, 3.8) is 0 Å². The number of ether oxygens (including phenoxy) is 1. The second-order valence-corrected chi connectivity index (χ2v) is 5.14. The molecular weight excluding hydrogens is 272 g/mol. The van der Waals surface area contributed by atoms with Crippen LogP contribution in [0, 0.1) is 0 Å². The Kier molecular flexibility index (Phi) is 3.47. The number of likely N-dealkylation sites (tertiary alicyclic amines) is 1. The molecule has 6 nitrogen and oxygen atoms in total. The lowest BCUT2D eigenvalue weighted by Crippen LogP contribution is -2.68. The van der Waals surface area contributed by atoms with Crippen LogP contribution in [0.4, 0.5) is 0 Å². The van der Waals surface area contributed by atoms with Gasteiger partial charge in [-0.25, -0.2) is 0 Å². The molecule has 110 valence electrons. The lowest BCUT2D eigenvalue weighted by atomic mass is 10.0. The van der Waals surface area contributed by atoms with Gasteiger partial charge in [-0.05, 0) is 18.1 Å². The van der Waals surface area contributed by atoms with Crippen LogP contribution in [-0.2, 0) is 32.2 Å². The second-order valence-electron chi connectivity index (χ2n) is 5.14. The zero-order valence-electron chi connectivity index (χ0n) is 11.7. The summed E-state index contributed by atoms with van der Waals surface area (Å²) in [4.78, 5) is 38.4. The van der Waals surface area contributed by atoms with Crippen LogP contribution in [0.3, 0.4) is 0 Å². The zero-order valence-corrected chi connectivity index (χ0v) is 11.7. The monoisotopic (exact) mass is 288 g/mol. The van der Waals surface area contributed by atoms with Crippen LogP contribution in [0.5, 0.6) is 0 Å². The first-order valence-corrected chi connectivity index (χ1v) is 6.93. The summed E-state index contributed by atoms with van der Waals surface area (Å²) >= 11 is 0. The van der Waals surface area contributed by atoms with Crippen molar-refractivity contribution >= 4 is 17.8 Å². The average molecular weight is 288 g/mol. The van der Waals surface area contributed by atoms with Crippen molar-refractivity contribution in [2.75, 3.05) is 13.2 Å². The standard InChI is InChI=1S/C15H16N2O4/c1-2-21-12(18)9-17-14(19)13(15(17)20)16-7-10-5-3-4-6-11(10)8-16/h3-6,13H,2,7-9H2,1H3. The maximum absolute atomic E-state index is 12.1. The number of hydrogen-bond acceptors (Lipinski definition) is 5. The van der Waals surface area contributed by atoms with Crippen LogP contribution >= 0.6 is 0 Å². The summed E-state index contributed by atoms with van der Waals surface area (Å²) in [7, 11) is 0. The summed E-state index contributed by atoms with van der Waals surface area (Å²) in [6, 6.07) is 7.13. The normalized spacial score (nSPS) is 18.6. The highest BCUT2D eigenvalue weighted by Gasteiger charge is 2.51. The molecule has 0 atom stereocenters. The van der Waals surface area contributed by atoms with Gasteiger partial charge in [0, 0.05) is 13.1 Å². The first-order chi connectivity index (χ1) is 10.1. The van der Waals surface area contributed by atoms with E-state index in [1.54, 1.807) is 6.92 Å². The van der Waals surface area contributed by atoms with Gasteiger partial charge in [0.15, 0.2) is 6.04 Å². The van der Waals surface area contributed by atoms with Crippen molar-refractivity contribution in [2.45, 2.75) is 26.1 Å². The largest absolute Gasteiger partial charge is 0.465 e. The second kappa shape index (κ2) is 5.29. The molecule has 0 bridgehead atoms. The molecule has 0 N–H and O–H groups in total. The van der Waals surface area contributed by atoms with E-state index in [9.17, 15) is 14.4 Å². The van der Waals surface area contributed by atoms with E-state index in [2.05, 4.69) is 0 Å². The first-order valence-electron chi connectivity index (χ1n) is 6.93. The molecule has 0 spiro atoms. The van der Waals surface area contributed by atoms with E-state index < -0.39 is 12.0 Å². The Morgan fingerprint density at radius 3 is 2.29 bits per heavy atom. The number of imide groups is 1. The highest BCUT2D eigenvalue weighted by atomic mass is 16.5. The fourth-order valence-corrected chi connectivity index (χ4v) is 2.79. The topological polar surface area (TPSA) is 66.9 Å². The van der Waals surface area contributed by atoms with E-state index in [-0.39, 0.29) is 25.0 Å². The molecule has 0 radical (unpaired) electrons. The third kappa shape index (κ3) is 2.31. The van der Waals surface area contributed by atoms with Gasteiger partial charge in [-0.15, -0.1) is 0 Å². The van der Waals surface area contributed by atoms with Crippen molar-refractivity contribution in [3.05, 3.63) is 35.4 Å². The van der Waals surface area contributed by atoms with Crippen LogP contribution in [0.15, 0.2) is 24.3 Å². The van der Waals surface area contributed by atoms with Crippen LogP contribution in [0.25, 0.3) is 0 Å². The molecular formula is C15H16N2O4. The number of fused-ring (bicyclic) bond motifs is 1. The number of amides is 2. The molecule has 1 fully saturated rings. The molecule has 2 aliphatic rings. The molecule has 0 saturated carbocycles. The van der Waals surface area contributed by atoms with E-state index in [1.807, 2.05) is 29.2 Å². The van der Waals surface area contributed by atoms with E-state index in [1.165, 1.54) is 0 Å². The van der Waals surface area contributed by atoms with Crippen molar-refractivity contribution in [3.8, 4) is 0 Å². The fraction of sp³-hybridized carbons (Fsp3) is 0.400. The first kappa shape index (κ1) is 13.8. The molecule has 1 saturated heterocycles. The fourth-order valence-electron chi connectivity index (χ4n) is 2.79. The van der Waals surface area contributed by atoms with Gasteiger partial charge in [-0.2, -0.15) is 0 Å². The predicted molar refractivity (Wildman–Crippen MR) is 72.8 cm³/mol. The molecule has 3 rings (SSSR count). The molecule has 2 amide bonds. The van der Waals surface area contributed by atoms with Gasteiger partial charge in [-0.1, -0.05) is 24.3 Å². The molecule has 0 aliphatic carbocycles. The Morgan fingerprint density at radius 2 is 1.76 bits per heavy atom. The van der Waals surface area contributed by atoms with Crippen LogP contribution in [0.1, 0.15) is 18.1 Å². The number of benzene rings is 1. The number of β-lactam (4-membered cyclic amide) rings is 2. The van der Waals surface area contributed by atoms with Crippen LogP contribution in [0.2, 0.25) is 0 Å². The highest BCUT2D eigenvalue weighted by molar-refractivity contribution is 6.22. The lowest BCUT2D eigenvalue weighted by molar-refractivity contribution is -0.172. The highest BCUT2D eigenvalue weighted by Crippen LogP contribution is 2.29. The molecule has 1 aromatic carbocycles. The van der Waals surface area contributed by atoms with Gasteiger partial charge in [0.05, 0.1) is 6.61 Å². The molecule has 2 heterocycles. The zero-order chi connectivity index (χ0) is 15.0. The number of carbonyl (C=O) groups is 3. The summed E-state index contributed by atoms with van der Waals surface area (Å²) in [6.07, 6.45) is 0. The summed E-state index contributed by atoms with van der Waals surface area (Å²) in [5, 5.41) is 0. The lowest BCUT2D eigenvalue weighted by Gasteiger charge is -2.39. The molecule has 0 aromatic heterocycles. The Balaban J connectivity index is 1.64. The third-order valence-corrected chi connectivity index (χ3v) is 3.82. The Hall–Kier alpha value is -2.21. The van der Waals surface area contributed by atoms with Gasteiger partial charge in [0.2, 0.25) is 0 Å². The SMILES string of the molecule is CCOC(=O)CN1C(=O)C(N2Cc3ccccc3C2)C1=O. The Labute approximate surface area is 122 Å². The Morgan fingerprint density at radius 1 is 1.19 bits per heavy atom. The minimum Gasteiger partial charge on any atom is -0.465 e. The number of esters is 1. The minimum absolute atomic E-state index is 0.236. The summed E-state index contributed by atoms with van der Waals surface area (Å²) in [5.41, 5.74) is 2.28. The van der Waals surface area contributed by atoms with Crippen LogP contribution in [-0.4, -0.2) is 46.8 Å². The molecule has 6 heteroatoms. The predicted octanol–water partition coefficient (Wildman–Crippen LogP) is 0.303. The van der Waals surface area contributed by atoms with Gasteiger partial charge in [0.25, 0.3) is 11.8 Å². The van der Waals surface area contributed by atoms with Gasteiger partial charge < -0.3 is 4.74 Å². The maximum atomic E-state index is 12.1. The summed E-state index contributed by atoms with van der Waals surface area (Å²) in [5.74, 6) is -1.19. The molecule has 1 aromatic rings. The smallest absolute Gasteiger partial charge is 0.326 e. The number of nitrogens with zero attached hydrogens (tertiary/aromatic N) is 2. The minimum atomic E-state index is -0.758. The van der Waals surface area contributed by atoms with Crippen molar-refractivity contribution in [2.24, 2.45) is 0 Å². The number of carbonyl (C=O) groups excluding carboxylic acids is 3. The average Bonchev–Trinajstić information content (AvgIpc) is 2.88. The van der Waals surface area contributed by atoms with Crippen molar-refractivity contribution in [1.82, 2.24) is 9.80 Å². The van der Waals surface area contributed by atoms with Gasteiger partial charge >= 0.3 is 5.97 Å².